The Balaban J connectivity index is 2.21. The Hall–Kier alpha value is -1.40. The summed E-state index contributed by atoms with van der Waals surface area (Å²) in [5.74, 6) is 0.769. The van der Waals surface area contributed by atoms with Crippen LogP contribution in [-0.2, 0) is 9.31 Å². The molecule has 1 aliphatic heterocycles. The van der Waals surface area contributed by atoms with E-state index in [1.54, 1.807) is 6.07 Å². The second-order valence-electron chi connectivity index (χ2n) is 6.43. The first-order chi connectivity index (χ1) is 9.62. The summed E-state index contributed by atoms with van der Waals surface area (Å²) in [5, 5.41) is 0. The fourth-order valence-electron chi connectivity index (χ4n) is 1.93. The minimum atomic E-state index is -0.986. The van der Waals surface area contributed by atoms with Crippen LogP contribution in [0.15, 0.2) is 23.9 Å². The van der Waals surface area contributed by atoms with Gasteiger partial charge in [-0.2, -0.15) is 0 Å². The number of anilines is 1. The molecule has 0 amide bonds. The zero-order chi connectivity index (χ0) is 15.8. The maximum atomic E-state index is 14.4. The van der Waals surface area contributed by atoms with Gasteiger partial charge in [0.25, 0.3) is 0 Å². The van der Waals surface area contributed by atoms with Gasteiger partial charge >= 0.3 is 7.12 Å². The summed E-state index contributed by atoms with van der Waals surface area (Å²) in [4.78, 5) is 6.22. The van der Waals surface area contributed by atoms with Crippen LogP contribution < -0.4 is 4.90 Å². The van der Waals surface area contributed by atoms with Crippen LogP contribution in [-0.4, -0.2) is 37.4 Å². The predicted octanol–water partition coefficient (Wildman–Crippen LogP) is 3.09. The molecule has 0 aromatic carbocycles. The summed E-state index contributed by atoms with van der Waals surface area (Å²) in [6.07, 6.45) is 1.36. The molecule has 1 aromatic heterocycles. The average molecular weight is 292 g/mol. The quantitative estimate of drug-likeness (QED) is 0.802. The number of aromatic nitrogens is 1. The van der Waals surface area contributed by atoms with E-state index < -0.39 is 24.0 Å². The van der Waals surface area contributed by atoms with Crippen molar-refractivity contribution in [2.75, 3.05) is 19.0 Å². The summed E-state index contributed by atoms with van der Waals surface area (Å²) in [6.45, 7) is 7.58. The first kappa shape index (κ1) is 16.0. The van der Waals surface area contributed by atoms with Gasteiger partial charge in [-0.25, -0.2) is 9.37 Å². The number of rotatable bonds is 3. The Morgan fingerprint density at radius 1 is 1.19 bits per heavy atom. The van der Waals surface area contributed by atoms with Crippen LogP contribution in [0.5, 0.6) is 0 Å². The largest absolute Gasteiger partial charge is 0.525 e. The number of hydrogen-bond donors (Lipinski definition) is 0. The van der Waals surface area contributed by atoms with Crippen LogP contribution in [0.25, 0.3) is 6.08 Å². The minimum Gasteiger partial charge on any atom is -0.398 e. The molecule has 6 heteroatoms. The lowest BCUT2D eigenvalue weighted by Crippen LogP contribution is -2.41. The fourth-order valence-corrected chi connectivity index (χ4v) is 1.93. The van der Waals surface area contributed by atoms with Gasteiger partial charge in [0.1, 0.15) is 11.5 Å². The molecule has 0 radical (unpaired) electrons. The molecule has 0 bridgehead atoms. The van der Waals surface area contributed by atoms with Gasteiger partial charge in [0.05, 0.1) is 16.9 Å². The van der Waals surface area contributed by atoms with Crippen LogP contribution in [0.3, 0.4) is 0 Å². The summed E-state index contributed by atoms with van der Waals surface area (Å²) in [6, 6.07) is 5.45. The lowest BCUT2D eigenvalue weighted by atomic mass is 9.87. The van der Waals surface area contributed by atoms with Crippen LogP contribution in [0.2, 0.25) is 0 Å². The zero-order valence-electron chi connectivity index (χ0n) is 13.5. The summed E-state index contributed by atoms with van der Waals surface area (Å²) in [7, 11) is 2.79. The normalized spacial score (nSPS) is 20.7. The molecular formula is C15H22BFN2O2. The molecule has 0 aliphatic carbocycles. The second kappa shape index (κ2) is 5.42. The van der Waals surface area contributed by atoms with Crippen molar-refractivity contribution in [2.24, 2.45) is 0 Å². The van der Waals surface area contributed by atoms with Crippen LogP contribution in [0, 0.1) is 0 Å². The van der Waals surface area contributed by atoms with E-state index in [-0.39, 0.29) is 0 Å². The van der Waals surface area contributed by atoms with Crippen molar-refractivity contribution >= 4 is 19.0 Å². The van der Waals surface area contributed by atoms with Gasteiger partial charge in [0, 0.05) is 14.1 Å². The molecule has 0 N–H and O–H groups in total. The van der Waals surface area contributed by atoms with Gasteiger partial charge in [-0.1, -0.05) is 6.07 Å². The van der Waals surface area contributed by atoms with Gasteiger partial charge in [-0.15, -0.1) is 0 Å². The van der Waals surface area contributed by atoms with Gasteiger partial charge in [0.15, 0.2) is 0 Å². The number of pyridine rings is 1. The van der Waals surface area contributed by atoms with Gasteiger partial charge < -0.3 is 14.2 Å². The van der Waals surface area contributed by atoms with E-state index in [0.29, 0.717) is 5.69 Å². The van der Waals surface area contributed by atoms with Crippen molar-refractivity contribution in [1.29, 1.82) is 0 Å². The molecule has 1 fully saturated rings. The molecule has 1 aliphatic rings. The van der Waals surface area contributed by atoms with Gasteiger partial charge in [-0.3, -0.25) is 0 Å². The van der Waals surface area contributed by atoms with E-state index in [2.05, 4.69) is 4.98 Å². The summed E-state index contributed by atoms with van der Waals surface area (Å²) >= 11 is 0. The van der Waals surface area contributed by atoms with E-state index in [4.69, 9.17) is 9.31 Å². The molecular weight excluding hydrogens is 270 g/mol. The lowest BCUT2D eigenvalue weighted by Gasteiger charge is -2.32. The van der Waals surface area contributed by atoms with Gasteiger partial charge in [0.2, 0.25) is 0 Å². The van der Waals surface area contributed by atoms with E-state index in [0.717, 1.165) is 5.82 Å². The SMILES string of the molecule is CN(C)c1cccc(C=C(F)B2OC(C)(C)C(C)(C)O2)n1. The Kier molecular flexibility index (Phi) is 4.13. The molecule has 1 aromatic rings. The summed E-state index contributed by atoms with van der Waals surface area (Å²) < 4.78 is 25.7. The number of hydrogen-bond acceptors (Lipinski definition) is 4. The van der Waals surface area contributed by atoms with Crippen LogP contribution in [0.4, 0.5) is 10.2 Å². The maximum absolute atomic E-state index is 14.4. The maximum Gasteiger partial charge on any atom is 0.525 e. The molecule has 2 heterocycles. The standard InChI is InChI=1S/C15H22BFN2O2/c1-14(2)15(3,4)21-16(20-14)12(17)10-11-8-7-9-13(18-11)19(5)6/h7-10H,1-6H3. The van der Waals surface area contributed by atoms with Crippen LogP contribution >= 0.6 is 0 Å². The van der Waals surface area contributed by atoms with Gasteiger partial charge in [-0.05, 0) is 45.9 Å². The minimum absolute atomic E-state index is 0.475. The average Bonchev–Trinajstić information content (AvgIpc) is 2.59. The monoisotopic (exact) mass is 292 g/mol. The second-order valence-corrected chi connectivity index (χ2v) is 6.43. The Morgan fingerprint density at radius 3 is 2.29 bits per heavy atom. The van der Waals surface area contributed by atoms with Crippen molar-refractivity contribution in [3.05, 3.63) is 29.6 Å². The number of nitrogens with zero attached hydrogens (tertiary/aromatic N) is 2. The summed E-state index contributed by atoms with van der Waals surface area (Å²) in [5.41, 5.74) is -1.05. The Labute approximate surface area is 126 Å². The fraction of sp³-hybridized carbons (Fsp3) is 0.533. The molecule has 114 valence electrons. The molecule has 0 spiro atoms. The van der Waals surface area contributed by atoms with E-state index in [1.165, 1.54) is 6.08 Å². The highest BCUT2D eigenvalue weighted by molar-refractivity contribution is 6.54. The van der Waals surface area contributed by atoms with Crippen LogP contribution in [0.1, 0.15) is 33.4 Å². The third-order valence-corrected chi connectivity index (χ3v) is 3.98. The number of halogens is 1. The Bertz CT molecular complexity index is 542. The van der Waals surface area contributed by atoms with Crippen molar-refractivity contribution in [1.82, 2.24) is 4.98 Å². The zero-order valence-corrected chi connectivity index (χ0v) is 13.5. The third-order valence-electron chi connectivity index (χ3n) is 3.98. The van der Waals surface area contributed by atoms with Crippen molar-refractivity contribution in [2.45, 2.75) is 38.9 Å². The van der Waals surface area contributed by atoms with E-state index in [9.17, 15) is 4.39 Å². The topological polar surface area (TPSA) is 34.6 Å². The van der Waals surface area contributed by atoms with Crippen molar-refractivity contribution in [3.63, 3.8) is 0 Å². The van der Waals surface area contributed by atoms with E-state index in [1.807, 2.05) is 58.8 Å². The highest BCUT2D eigenvalue weighted by Gasteiger charge is 2.53. The van der Waals surface area contributed by atoms with Crippen molar-refractivity contribution in [3.8, 4) is 0 Å². The molecule has 4 nitrogen and oxygen atoms in total. The molecule has 21 heavy (non-hydrogen) atoms. The highest BCUT2D eigenvalue weighted by atomic mass is 19.1. The Morgan fingerprint density at radius 2 is 1.76 bits per heavy atom. The smallest absolute Gasteiger partial charge is 0.398 e. The highest BCUT2D eigenvalue weighted by Crippen LogP contribution is 2.39. The lowest BCUT2D eigenvalue weighted by molar-refractivity contribution is 0.00578. The molecule has 0 atom stereocenters. The van der Waals surface area contributed by atoms with E-state index >= 15 is 0 Å². The predicted molar refractivity (Wildman–Crippen MR) is 83.7 cm³/mol. The first-order valence-corrected chi connectivity index (χ1v) is 6.99. The molecule has 0 unspecified atom stereocenters. The third kappa shape index (κ3) is 3.27. The molecule has 2 rings (SSSR count). The first-order valence-electron chi connectivity index (χ1n) is 6.99. The molecule has 1 saturated heterocycles. The van der Waals surface area contributed by atoms with Crippen molar-refractivity contribution < 1.29 is 13.7 Å². The molecule has 0 saturated carbocycles.